The van der Waals surface area contributed by atoms with Gasteiger partial charge in [-0.25, -0.2) is 8.42 Å². The summed E-state index contributed by atoms with van der Waals surface area (Å²) in [7, 11) is -1.82. The summed E-state index contributed by atoms with van der Waals surface area (Å²) in [5, 5.41) is 0. The number of hydrogen-bond donors (Lipinski definition) is 0. The summed E-state index contributed by atoms with van der Waals surface area (Å²) in [5.74, 6) is -0.242. The van der Waals surface area contributed by atoms with E-state index in [1.165, 1.54) is 4.31 Å². The highest BCUT2D eigenvalue weighted by Gasteiger charge is 2.22. The van der Waals surface area contributed by atoms with Crippen molar-refractivity contribution in [2.45, 2.75) is 13.0 Å². The number of aromatic nitrogens is 2. The second-order valence-electron chi connectivity index (χ2n) is 5.81. The molecule has 0 atom stereocenters. The minimum atomic E-state index is -3.50. The molecule has 134 valence electrons. The van der Waals surface area contributed by atoms with Crippen LogP contribution >= 0.6 is 0 Å². The normalized spacial score (nSPS) is 11.5. The topological polar surface area (TPSA) is 83.5 Å². The molecule has 0 unspecified atom stereocenters. The summed E-state index contributed by atoms with van der Waals surface area (Å²) in [6, 6.07) is 7.25. The van der Waals surface area contributed by atoms with Crippen LogP contribution in [0.25, 0.3) is 0 Å². The number of rotatable bonds is 8. The molecule has 1 amide bonds. The summed E-state index contributed by atoms with van der Waals surface area (Å²) in [6.45, 7) is 0.467. The highest BCUT2D eigenvalue weighted by molar-refractivity contribution is 7.88. The van der Waals surface area contributed by atoms with Gasteiger partial charge in [0.1, 0.15) is 0 Å². The molecule has 2 heterocycles. The molecule has 0 saturated heterocycles. The average Bonchev–Trinajstić information content (AvgIpc) is 2.60. The van der Waals surface area contributed by atoms with E-state index in [2.05, 4.69) is 9.97 Å². The number of carbonyl (C=O) groups is 1. The monoisotopic (exact) mass is 362 g/mol. The number of likely N-dealkylation sites (N-methyl/N-ethyl adjacent to an activating group) is 1. The van der Waals surface area contributed by atoms with Gasteiger partial charge in [-0.05, 0) is 41.8 Å². The fraction of sp³-hybridized carbons (Fsp3) is 0.353. The van der Waals surface area contributed by atoms with Gasteiger partial charge in [0.2, 0.25) is 15.9 Å². The van der Waals surface area contributed by atoms with E-state index in [4.69, 9.17) is 0 Å². The van der Waals surface area contributed by atoms with Gasteiger partial charge in [-0.2, -0.15) is 4.31 Å². The summed E-state index contributed by atoms with van der Waals surface area (Å²) in [4.78, 5) is 21.8. The second kappa shape index (κ2) is 8.68. The lowest BCUT2D eigenvalue weighted by molar-refractivity contribution is -0.130. The Balaban J connectivity index is 1.96. The predicted octanol–water partition coefficient (Wildman–Crippen LogP) is 0.939. The fourth-order valence-electron chi connectivity index (χ4n) is 2.22. The highest BCUT2D eigenvalue weighted by Crippen LogP contribution is 2.08. The fourth-order valence-corrected chi connectivity index (χ4v) is 2.95. The molecule has 0 spiro atoms. The SMILES string of the molecule is CN(CCc1ccncc1)C(=O)CN(Cc1ccncc1)S(C)(=O)=O. The number of pyridine rings is 2. The summed E-state index contributed by atoms with van der Waals surface area (Å²) >= 11 is 0. The first-order chi connectivity index (χ1) is 11.9. The van der Waals surface area contributed by atoms with Gasteiger partial charge in [-0.1, -0.05) is 0 Å². The van der Waals surface area contributed by atoms with Gasteiger partial charge < -0.3 is 4.90 Å². The van der Waals surface area contributed by atoms with Crippen LogP contribution in [0.2, 0.25) is 0 Å². The number of nitrogens with zero attached hydrogens (tertiary/aromatic N) is 4. The van der Waals surface area contributed by atoms with Crippen LogP contribution in [0.4, 0.5) is 0 Å². The van der Waals surface area contributed by atoms with E-state index in [1.54, 1.807) is 48.9 Å². The van der Waals surface area contributed by atoms with Gasteiger partial charge in [0.05, 0.1) is 12.8 Å². The molecule has 0 N–H and O–H groups in total. The molecule has 7 nitrogen and oxygen atoms in total. The lowest BCUT2D eigenvalue weighted by Crippen LogP contribution is -2.41. The van der Waals surface area contributed by atoms with Crippen molar-refractivity contribution in [2.24, 2.45) is 0 Å². The maximum atomic E-state index is 12.4. The van der Waals surface area contributed by atoms with Gasteiger partial charge in [0.25, 0.3) is 0 Å². The van der Waals surface area contributed by atoms with Crippen molar-refractivity contribution in [3.8, 4) is 0 Å². The Kier molecular flexibility index (Phi) is 6.60. The van der Waals surface area contributed by atoms with E-state index in [0.717, 1.165) is 17.4 Å². The quantitative estimate of drug-likeness (QED) is 0.698. The van der Waals surface area contributed by atoms with E-state index >= 15 is 0 Å². The molecular formula is C17H22N4O3S. The maximum Gasteiger partial charge on any atom is 0.237 e. The standard InChI is InChI=1S/C17H22N4O3S/c1-20(12-7-15-3-8-18-9-4-15)17(22)14-21(25(2,23)24)13-16-5-10-19-11-6-16/h3-6,8-11H,7,12-14H2,1-2H3. The van der Waals surface area contributed by atoms with Crippen molar-refractivity contribution < 1.29 is 13.2 Å². The van der Waals surface area contributed by atoms with Crippen molar-refractivity contribution in [1.29, 1.82) is 0 Å². The Hall–Kier alpha value is -2.32. The maximum absolute atomic E-state index is 12.4. The minimum absolute atomic E-state index is 0.144. The van der Waals surface area contributed by atoms with Crippen LogP contribution in [0.3, 0.4) is 0 Å². The molecule has 2 aromatic heterocycles. The predicted molar refractivity (Wildman–Crippen MR) is 95.1 cm³/mol. The van der Waals surface area contributed by atoms with Crippen molar-refractivity contribution in [2.75, 3.05) is 26.4 Å². The Morgan fingerprint density at radius 3 is 2.04 bits per heavy atom. The Bertz CT molecular complexity index is 782. The van der Waals surface area contributed by atoms with Crippen LogP contribution in [0.5, 0.6) is 0 Å². The Morgan fingerprint density at radius 2 is 1.52 bits per heavy atom. The molecule has 8 heteroatoms. The molecule has 0 fully saturated rings. The molecular weight excluding hydrogens is 340 g/mol. The Morgan fingerprint density at radius 1 is 1.00 bits per heavy atom. The summed E-state index contributed by atoms with van der Waals surface area (Å²) in [6.07, 6.45) is 8.40. The first kappa shape index (κ1) is 19.0. The molecule has 0 aliphatic carbocycles. The van der Waals surface area contributed by atoms with Gasteiger partial charge in [0.15, 0.2) is 0 Å². The average molecular weight is 362 g/mol. The third-order valence-electron chi connectivity index (χ3n) is 3.80. The third-order valence-corrected chi connectivity index (χ3v) is 5.00. The van der Waals surface area contributed by atoms with Crippen molar-refractivity contribution in [3.05, 3.63) is 60.2 Å². The second-order valence-corrected chi connectivity index (χ2v) is 7.79. The van der Waals surface area contributed by atoms with Gasteiger partial charge >= 0.3 is 0 Å². The summed E-state index contributed by atoms with van der Waals surface area (Å²) in [5.41, 5.74) is 1.86. The first-order valence-electron chi connectivity index (χ1n) is 7.83. The Labute approximate surface area is 148 Å². The number of amides is 1. The van der Waals surface area contributed by atoms with Crippen LogP contribution in [-0.4, -0.2) is 59.9 Å². The molecule has 0 aliphatic heterocycles. The molecule has 0 saturated carbocycles. The first-order valence-corrected chi connectivity index (χ1v) is 9.68. The van der Waals surface area contributed by atoms with Gasteiger partial charge in [0, 0.05) is 44.9 Å². The number of carbonyl (C=O) groups excluding carboxylic acids is 1. The van der Waals surface area contributed by atoms with Gasteiger partial charge in [-0.15, -0.1) is 0 Å². The molecule has 25 heavy (non-hydrogen) atoms. The van der Waals surface area contributed by atoms with Crippen LogP contribution < -0.4 is 0 Å². The molecule has 0 aromatic carbocycles. The largest absolute Gasteiger partial charge is 0.344 e. The zero-order valence-corrected chi connectivity index (χ0v) is 15.2. The highest BCUT2D eigenvalue weighted by atomic mass is 32.2. The molecule has 2 aromatic rings. The zero-order valence-electron chi connectivity index (χ0n) is 14.4. The van der Waals surface area contributed by atoms with Crippen LogP contribution in [0.1, 0.15) is 11.1 Å². The van der Waals surface area contributed by atoms with Crippen molar-refractivity contribution >= 4 is 15.9 Å². The smallest absolute Gasteiger partial charge is 0.237 e. The van der Waals surface area contributed by atoms with E-state index in [0.29, 0.717) is 13.0 Å². The third kappa shape index (κ3) is 6.24. The van der Waals surface area contributed by atoms with Crippen LogP contribution in [0.15, 0.2) is 49.1 Å². The van der Waals surface area contributed by atoms with E-state index < -0.39 is 10.0 Å². The van der Waals surface area contributed by atoms with E-state index in [1.807, 2.05) is 12.1 Å². The van der Waals surface area contributed by atoms with Crippen LogP contribution in [0, 0.1) is 0 Å². The number of hydrogen-bond acceptors (Lipinski definition) is 5. The van der Waals surface area contributed by atoms with E-state index in [9.17, 15) is 13.2 Å². The molecule has 0 aliphatic rings. The lowest BCUT2D eigenvalue weighted by atomic mass is 10.2. The molecule has 0 bridgehead atoms. The summed E-state index contributed by atoms with van der Waals surface area (Å²) < 4.78 is 25.2. The molecule has 2 rings (SSSR count). The lowest BCUT2D eigenvalue weighted by Gasteiger charge is -2.23. The van der Waals surface area contributed by atoms with E-state index in [-0.39, 0.29) is 19.0 Å². The van der Waals surface area contributed by atoms with Crippen LogP contribution in [-0.2, 0) is 27.8 Å². The minimum Gasteiger partial charge on any atom is -0.344 e. The van der Waals surface area contributed by atoms with Crippen molar-refractivity contribution in [3.63, 3.8) is 0 Å². The van der Waals surface area contributed by atoms with Crippen molar-refractivity contribution in [1.82, 2.24) is 19.2 Å². The molecule has 0 radical (unpaired) electrons. The van der Waals surface area contributed by atoms with Gasteiger partial charge in [-0.3, -0.25) is 14.8 Å². The zero-order chi connectivity index (χ0) is 18.3. The number of sulfonamides is 1.